The van der Waals surface area contributed by atoms with Crippen molar-refractivity contribution in [2.75, 3.05) is 32.2 Å². The normalized spacial score (nSPS) is 14.1. The lowest BCUT2D eigenvalue weighted by molar-refractivity contribution is -0.125. The van der Waals surface area contributed by atoms with Crippen LogP contribution in [0.4, 0.5) is 5.69 Å². The summed E-state index contributed by atoms with van der Waals surface area (Å²) >= 11 is 6.02. The van der Waals surface area contributed by atoms with Crippen LogP contribution in [0.3, 0.4) is 0 Å². The van der Waals surface area contributed by atoms with Gasteiger partial charge < -0.3 is 19.7 Å². The number of aromatic nitrogens is 1. The molecule has 33 heavy (non-hydrogen) atoms. The third-order valence-corrected chi connectivity index (χ3v) is 6.24. The summed E-state index contributed by atoms with van der Waals surface area (Å²) in [5, 5.41) is 14.2. The number of ether oxygens (including phenoxy) is 2. The Morgan fingerprint density at radius 1 is 1.21 bits per heavy atom. The number of pyridine rings is 1. The van der Waals surface area contributed by atoms with Crippen molar-refractivity contribution in [2.45, 2.75) is 19.4 Å². The Hall–Kier alpha value is -3.50. The zero-order valence-corrected chi connectivity index (χ0v) is 19.4. The number of anilines is 1. The number of hydrogen-bond acceptors (Lipinski definition) is 6. The van der Waals surface area contributed by atoms with Gasteiger partial charge in [-0.1, -0.05) is 23.7 Å². The Kier molecular flexibility index (Phi) is 6.85. The largest absolute Gasteiger partial charge is 0.493 e. The van der Waals surface area contributed by atoms with Gasteiger partial charge in [-0.15, -0.1) is 0 Å². The van der Waals surface area contributed by atoms with Gasteiger partial charge in [0.25, 0.3) is 0 Å². The number of hydrogen-bond donors (Lipinski definition) is 1. The van der Waals surface area contributed by atoms with Gasteiger partial charge in [-0.05, 0) is 36.6 Å². The molecule has 1 aliphatic rings. The van der Waals surface area contributed by atoms with Crippen molar-refractivity contribution in [3.8, 4) is 17.6 Å². The second-order valence-corrected chi connectivity index (χ2v) is 8.40. The van der Waals surface area contributed by atoms with E-state index in [0.717, 1.165) is 22.2 Å². The summed E-state index contributed by atoms with van der Waals surface area (Å²) in [6.45, 7) is 1.78. The van der Waals surface area contributed by atoms with E-state index in [2.05, 4.69) is 21.3 Å². The van der Waals surface area contributed by atoms with E-state index in [4.69, 9.17) is 21.1 Å². The number of carbonyl (C=O) groups excluding carboxylic acids is 1. The molecule has 170 valence electrons. The van der Waals surface area contributed by atoms with E-state index in [9.17, 15) is 10.1 Å². The summed E-state index contributed by atoms with van der Waals surface area (Å²) < 4.78 is 10.9. The molecule has 0 unspecified atom stereocenters. The van der Waals surface area contributed by atoms with Crippen LogP contribution in [0.2, 0.25) is 5.02 Å². The number of nitriles is 1. The number of piperidine rings is 1. The van der Waals surface area contributed by atoms with E-state index in [1.54, 1.807) is 20.4 Å². The maximum Gasteiger partial charge on any atom is 0.223 e. The lowest BCUT2D eigenvalue weighted by atomic mass is 9.94. The van der Waals surface area contributed by atoms with Gasteiger partial charge in [0, 0.05) is 48.2 Å². The van der Waals surface area contributed by atoms with Crippen LogP contribution < -0.4 is 19.7 Å². The van der Waals surface area contributed by atoms with Crippen molar-refractivity contribution in [3.63, 3.8) is 0 Å². The van der Waals surface area contributed by atoms with Crippen LogP contribution in [0.1, 0.15) is 24.0 Å². The Balaban J connectivity index is 1.50. The highest BCUT2D eigenvalue weighted by Crippen LogP contribution is 2.38. The molecule has 2 heterocycles. The molecule has 1 saturated heterocycles. The van der Waals surface area contributed by atoms with E-state index < -0.39 is 0 Å². The lowest BCUT2D eigenvalue weighted by Crippen LogP contribution is -2.40. The molecule has 0 bridgehead atoms. The molecule has 0 spiro atoms. The summed E-state index contributed by atoms with van der Waals surface area (Å²) in [6, 6.07) is 13.4. The van der Waals surface area contributed by atoms with Crippen molar-refractivity contribution < 1.29 is 14.3 Å². The summed E-state index contributed by atoms with van der Waals surface area (Å²) in [5.74, 6) is 1.14. The minimum atomic E-state index is -0.0753. The number of amides is 1. The number of fused-ring (bicyclic) bond motifs is 1. The van der Waals surface area contributed by atoms with Crippen LogP contribution in [0.25, 0.3) is 10.9 Å². The van der Waals surface area contributed by atoms with E-state index >= 15 is 0 Å². The zero-order valence-electron chi connectivity index (χ0n) is 18.6. The molecule has 3 aromatic rings. The minimum absolute atomic E-state index is 0.0427. The van der Waals surface area contributed by atoms with Gasteiger partial charge in [0.2, 0.25) is 5.91 Å². The monoisotopic (exact) mass is 464 g/mol. The molecule has 1 aromatic heterocycles. The maximum absolute atomic E-state index is 12.7. The number of rotatable bonds is 6. The van der Waals surface area contributed by atoms with Crippen molar-refractivity contribution in [1.82, 2.24) is 10.3 Å². The first kappa shape index (κ1) is 22.7. The number of nitrogens with zero attached hydrogens (tertiary/aromatic N) is 3. The van der Waals surface area contributed by atoms with Gasteiger partial charge in [-0.2, -0.15) is 5.26 Å². The van der Waals surface area contributed by atoms with Crippen molar-refractivity contribution in [1.29, 1.82) is 5.26 Å². The molecular weight excluding hydrogens is 440 g/mol. The van der Waals surface area contributed by atoms with Crippen molar-refractivity contribution >= 4 is 34.1 Å². The van der Waals surface area contributed by atoms with Crippen LogP contribution in [-0.4, -0.2) is 38.2 Å². The summed E-state index contributed by atoms with van der Waals surface area (Å²) in [7, 11) is 3.16. The molecule has 7 nitrogen and oxygen atoms in total. The Morgan fingerprint density at radius 2 is 1.94 bits per heavy atom. The molecule has 1 fully saturated rings. The molecule has 4 rings (SSSR count). The van der Waals surface area contributed by atoms with Crippen LogP contribution in [0.5, 0.6) is 11.5 Å². The first-order chi connectivity index (χ1) is 16.0. The molecule has 1 N–H and O–H groups in total. The maximum atomic E-state index is 12.7. The van der Waals surface area contributed by atoms with Gasteiger partial charge in [0.05, 0.1) is 31.0 Å². The van der Waals surface area contributed by atoms with E-state index in [0.29, 0.717) is 54.6 Å². The predicted octanol–water partition coefficient (Wildman–Crippen LogP) is 4.31. The number of carbonyl (C=O) groups is 1. The Labute approximate surface area is 197 Å². The third kappa shape index (κ3) is 4.81. The topological polar surface area (TPSA) is 87.5 Å². The first-order valence-electron chi connectivity index (χ1n) is 10.8. The lowest BCUT2D eigenvalue weighted by Gasteiger charge is -2.34. The fourth-order valence-electron chi connectivity index (χ4n) is 4.27. The predicted molar refractivity (Wildman–Crippen MR) is 128 cm³/mol. The minimum Gasteiger partial charge on any atom is -0.493 e. The number of methoxy groups -OCH3 is 2. The van der Waals surface area contributed by atoms with Gasteiger partial charge in [-0.25, -0.2) is 0 Å². The fourth-order valence-corrected chi connectivity index (χ4v) is 4.49. The second kappa shape index (κ2) is 9.97. The average molecular weight is 465 g/mol. The van der Waals surface area contributed by atoms with Gasteiger partial charge >= 0.3 is 0 Å². The molecular formula is C25H25ClN4O3. The van der Waals surface area contributed by atoms with E-state index in [1.165, 1.54) is 0 Å². The average Bonchev–Trinajstić information content (AvgIpc) is 2.85. The molecule has 2 aromatic carbocycles. The van der Waals surface area contributed by atoms with Crippen LogP contribution in [0, 0.1) is 17.2 Å². The highest BCUT2D eigenvalue weighted by atomic mass is 35.5. The van der Waals surface area contributed by atoms with Crippen LogP contribution in [0.15, 0.2) is 42.6 Å². The highest BCUT2D eigenvalue weighted by molar-refractivity contribution is 6.30. The number of nitrogens with one attached hydrogen (secondary N) is 1. The zero-order chi connectivity index (χ0) is 23.4. The molecule has 1 aliphatic heterocycles. The standard InChI is InChI=1S/C25H25ClN4O3/c1-32-22-11-20-21(12-23(22)33-2)28-15-18(13-27)24(20)30-8-6-17(7-9-30)25(31)29-14-16-4-3-5-19(26)10-16/h3-5,10-12,15,17H,6-9,14H2,1-2H3,(H,29,31). The quantitative estimate of drug-likeness (QED) is 0.585. The Morgan fingerprint density at radius 3 is 2.61 bits per heavy atom. The van der Waals surface area contributed by atoms with Crippen LogP contribution >= 0.6 is 11.6 Å². The number of benzene rings is 2. The molecule has 0 atom stereocenters. The van der Waals surface area contributed by atoms with E-state index in [-0.39, 0.29) is 11.8 Å². The number of halogens is 1. The van der Waals surface area contributed by atoms with Gasteiger partial charge in [-0.3, -0.25) is 9.78 Å². The molecule has 8 heteroatoms. The second-order valence-electron chi connectivity index (χ2n) is 7.97. The van der Waals surface area contributed by atoms with Crippen LogP contribution in [-0.2, 0) is 11.3 Å². The molecule has 1 amide bonds. The smallest absolute Gasteiger partial charge is 0.223 e. The van der Waals surface area contributed by atoms with Crippen molar-refractivity contribution in [3.05, 3.63) is 58.7 Å². The summed E-state index contributed by atoms with van der Waals surface area (Å²) in [5.41, 5.74) is 3.02. The van der Waals surface area contributed by atoms with E-state index in [1.807, 2.05) is 36.4 Å². The highest BCUT2D eigenvalue weighted by Gasteiger charge is 2.27. The molecule has 0 saturated carbocycles. The fraction of sp³-hybridized carbons (Fsp3) is 0.320. The molecule has 0 aliphatic carbocycles. The Bertz CT molecular complexity index is 1220. The molecule has 0 radical (unpaired) electrons. The third-order valence-electron chi connectivity index (χ3n) is 6.00. The first-order valence-corrected chi connectivity index (χ1v) is 11.1. The van der Waals surface area contributed by atoms with Gasteiger partial charge in [0.1, 0.15) is 6.07 Å². The summed E-state index contributed by atoms with van der Waals surface area (Å²) in [6.07, 6.45) is 2.99. The van der Waals surface area contributed by atoms with Crippen molar-refractivity contribution in [2.24, 2.45) is 5.92 Å². The van der Waals surface area contributed by atoms with Gasteiger partial charge in [0.15, 0.2) is 11.5 Å². The SMILES string of the molecule is COc1cc2ncc(C#N)c(N3CCC(C(=O)NCc4cccc(Cl)c4)CC3)c2cc1OC. The summed E-state index contributed by atoms with van der Waals surface area (Å²) in [4.78, 5) is 19.3.